The molecule has 0 aliphatic carbocycles. The number of aromatic nitrogens is 3. The zero-order chi connectivity index (χ0) is 17.9. The van der Waals surface area contributed by atoms with Gasteiger partial charge in [-0.05, 0) is 58.7 Å². The van der Waals surface area contributed by atoms with Gasteiger partial charge in [0.25, 0.3) is 0 Å². The van der Waals surface area contributed by atoms with E-state index in [-0.39, 0.29) is 5.82 Å². The van der Waals surface area contributed by atoms with Crippen LogP contribution in [-0.4, -0.2) is 21.2 Å². The fourth-order valence-corrected chi connectivity index (χ4v) is 2.97. The van der Waals surface area contributed by atoms with Crippen LogP contribution in [0.4, 0.5) is 4.39 Å². The number of halogens is 1. The first-order valence-corrected chi connectivity index (χ1v) is 8.05. The van der Waals surface area contributed by atoms with E-state index in [9.17, 15) is 9.18 Å². The van der Waals surface area contributed by atoms with Gasteiger partial charge < -0.3 is 4.98 Å². The molecular formula is C21H14FN3O. The Morgan fingerprint density at radius 2 is 1.54 bits per heavy atom. The Hall–Kier alpha value is -3.60. The third-order valence-corrected chi connectivity index (χ3v) is 4.22. The molecule has 26 heavy (non-hydrogen) atoms. The zero-order valence-electron chi connectivity index (χ0n) is 13.7. The van der Waals surface area contributed by atoms with Crippen LogP contribution in [0, 0.1) is 5.82 Å². The van der Waals surface area contributed by atoms with Gasteiger partial charge in [-0.3, -0.25) is 9.78 Å². The molecule has 4 nitrogen and oxygen atoms in total. The minimum absolute atomic E-state index is 0.296. The maximum atomic E-state index is 13.4. The summed E-state index contributed by atoms with van der Waals surface area (Å²) < 4.78 is 13.4. The first kappa shape index (κ1) is 15.9. The maximum absolute atomic E-state index is 13.4. The smallest absolute Gasteiger partial charge is 0.150 e. The summed E-state index contributed by atoms with van der Waals surface area (Å²) in [5.41, 5.74) is 4.75. The number of carbonyl (C=O) groups excluding carboxylic acids is 1. The Labute approximate surface area is 149 Å². The Balaban J connectivity index is 2.01. The fourth-order valence-electron chi connectivity index (χ4n) is 2.97. The highest BCUT2D eigenvalue weighted by Crippen LogP contribution is 2.36. The van der Waals surface area contributed by atoms with Crippen LogP contribution in [0.25, 0.3) is 33.6 Å². The van der Waals surface area contributed by atoms with Crippen molar-refractivity contribution in [3.05, 3.63) is 84.7 Å². The number of hydrogen-bond donors (Lipinski definition) is 1. The standard InChI is InChI=1S/C21H14FN3O/c22-17-3-1-14(2-4-17)19-12-20(21-24-9-10-25-21)16(13-26)11-18(19)15-5-7-23-8-6-15/h1-13H,(H,24,25). The van der Waals surface area contributed by atoms with E-state index in [1.54, 1.807) is 36.9 Å². The molecule has 0 unspecified atom stereocenters. The van der Waals surface area contributed by atoms with E-state index in [0.29, 0.717) is 17.0 Å². The van der Waals surface area contributed by atoms with Crippen LogP contribution in [0.3, 0.4) is 0 Å². The number of pyridine rings is 1. The summed E-state index contributed by atoms with van der Waals surface area (Å²) in [7, 11) is 0. The van der Waals surface area contributed by atoms with E-state index in [2.05, 4.69) is 15.0 Å². The van der Waals surface area contributed by atoms with E-state index in [4.69, 9.17) is 0 Å². The molecule has 0 radical (unpaired) electrons. The molecular weight excluding hydrogens is 329 g/mol. The van der Waals surface area contributed by atoms with Crippen LogP contribution in [0.5, 0.6) is 0 Å². The van der Waals surface area contributed by atoms with Crippen LogP contribution < -0.4 is 0 Å². The van der Waals surface area contributed by atoms with Gasteiger partial charge in [0, 0.05) is 35.9 Å². The average molecular weight is 343 g/mol. The highest BCUT2D eigenvalue weighted by atomic mass is 19.1. The first-order chi connectivity index (χ1) is 12.8. The van der Waals surface area contributed by atoms with Crippen molar-refractivity contribution >= 4 is 6.29 Å². The van der Waals surface area contributed by atoms with Crippen molar-refractivity contribution in [2.45, 2.75) is 0 Å². The third kappa shape index (κ3) is 2.91. The molecule has 126 valence electrons. The molecule has 0 aliphatic heterocycles. The van der Waals surface area contributed by atoms with Gasteiger partial charge in [-0.1, -0.05) is 12.1 Å². The highest BCUT2D eigenvalue weighted by Gasteiger charge is 2.15. The number of nitrogens with one attached hydrogen (secondary N) is 1. The van der Waals surface area contributed by atoms with Crippen molar-refractivity contribution in [1.29, 1.82) is 0 Å². The largest absolute Gasteiger partial charge is 0.345 e. The van der Waals surface area contributed by atoms with Gasteiger partial charge in [0.05, 0.1) is 0 Å². The number of rotatable bonds is 4. The van der Waals surface area contributed by atoms with Gasteiger partial charge in [-0.2, -0.15) is 0 Å². The number of carbonyl (C=O) groups is 1. The Morgan fingerprint density at radius 3 is 2.19 bits per heavy atom. The molecule has 1 N–H and O–H groups in total. The Morgan fingerprint density at radius 1 is 0.846 bits per heavy atom. The molecule has 0 atom stereocenters. The molecule has 0 aliphatic rings. The van der Waals surface area contributed by atoms with Crippen molar-refractivity contribution in [2.24, 2.45) is 0 Å². The average Bonchev–Trinajstić information content (AvgIpc) is 3.23. The second kappa shape index (κ2) is 6.72. The van der Waals surface area contributed by atoms with Gasteiger partial charge >= 0.3 is 0 Å². The van der Waals surface area contributed by atoms with Crippen molar-refractivity contribution < 1.29 is 9.18 Å². The lowest BCUT2D eigenvalue weighted by Gasteiger charge is -2.14. The SMILES string of the molecule is O=Cc1cc(-c2ccncc2)c(-c2ccc(F)cc2)cc1-c1ncc[nH]1. The molecule has 4 rings (SSSR count). The number of benzene rings is 2. The summed E-state index contributed by atoms with van der Waals surface area (Å²) in [5, 5.41) is 0. The van der Waals surface area contributed by atoms with E-state index >= 15 is 0 Å². The minimum atomic E-state index is -0.296. The molecule has 2 aromatic carbocycles. The third-order valence-electron chi connectivity index (χ3n) is 4.22. The number of imidazole rings is 1. The Kier molecular flexibility index (Phi) is 4.11. The first-order valence-electron chi connectivity index (χ1n) is 8.05. The second-order valence-electron chi connectivity index (χ2n) is 5.78. The normalized spacial score (nSPS) is 10.7. The summed E-state index contributed by atoms with van der Waals surface area (Å²) in [6.45, 7) is 0. The van der Waals surface area contributed by atoms with Gasteiger partial charge in [-0.15, -0.1) is 0 Å². The topological polar surface area (TPSA) is 58.6 Å². The van der Waals surface area contributed by atoms with Crippen LogP contribution in [0.2, 0.25) is 0 Å². The lowest BCUT2D eigenvalue weighted by molar-refractivity contribution is 0.112. The molecule has 0 saturated carbocycles. The van der Waals surface area contributed by atoms with Crippen molar-refractivity contribution in [3.63, 3.8) is 0 Å². The lowest BCUT2D eigenvalue weighted by Crippen LogP contribution is -1.95. The predicted octanol–water partition coefficient (Wildman–Crippen LogP) is 4.76. The Bertz CT molecular complexity index is 1040. The minimum Gasteiger partial charge on any atom is -0.345 e. The van der Waals surface area contributed by atoms with Gasteiger partial charge in [0.1, 0.15) is 11.6 Å². The van der Waals surface area contributed by atoms with Crippen molar-refractivity contribution in [1.82, 2.24) is 15.0 Å². The number of nitrogens with zero attached hydrogens (tertiary/aromatic N) is 2. The number of hydrogen-bond acceptors (Lipinski definition) is 3. The predicted molar refractivity (Wildman–Crippen MR) is 98.0 cm³/mol. The molecule has 2 aromatic heterocycles. The van der Waals surface area contributed by atoms with Crippen LogP contribution >= 0.6 is 0 Å². The molecule has 0 saturated heterocycles. The van der Waals surface area contributed by atoms with Gasteiger partial charge in [0.15, 0.2) is 6.29 Å². The molecule has 4 aromatic rings. The van der Waals surface area contributed by atoms with Crippen LogP contribution in [0.1, 0.15) is 10.4 Å². The maximum Gasteiger partial charge on any atom is 0.150 e. The second-order valence-corrected chi connectivity index (χ2v) is 5.78. The quantitative estimate of drug-likeness (QED) is 0.544. The van der Waals surface area contributed by atoms with E-state index in [1.165, 1.54) is 12.1 Å². The van der Waals surface area contributed by atoms with Gasteiger partial charge in [0.2, 0.25) is 0 Å². The van der Waals surface area contributed by atoms with Crippen LogP contribution in [-0.2, 0) is 0 Å². The summed E-state index contributed by atoms with van der Waals surface area (Å²) >= 11 is 0. The lowest BCUT2D eigenvalue weighted by atomic mass is 9.90. The molecule has 0 spiro atoms. The number of H-pyrrole nitrogens is 1. The fraction of sp³-hybridized carbons (Fsp3) is 0. The van der Waals surface area contributed by atoms with E-state index < -0.39 is 0 Å². The molecule has 2 heterocycles. The van der Waals surface area contributed by atoms with Crippen molar-refractivity contribution in [3.8, 4) is 33.6 Å². The van der Waals surface area contributed by atoms with Crippen molar-refractivity contribution in [2.75, 3.05) is 0 Å². The number of aromatic amines is 1. The zero-order valence-corrected chi connectivity index (χ0v) is 13.7. The van der Waals surface area contributed by atoms with E-state index in [0.717, 1.165) is 28.5 Å². The highest BCUT2D eigenvalue weighted by molar-refractivity contribution is 5.95. The molecule has 0 fully saturated rings. The molecule has 0 bridgehead atoms. The summed E-state index contributed by atoms with van der Waals surface area (Å²) in [5.74, 6) is 0.312. The number of aldehydes is 1. The summed E-state index contributed by atoms with van der Waals surface area (Å²) in [6, 6.07) is 13.8. The van der Waals surface area contributed by atoms with Crippen LogP contribution in [0.15, 0.2) is 73.3 Å². The van der Waals surface area contributed by atoms with E-state index in [1.807, 2.05) is 24.3 Å². The van der Waals surface area contributed by atoms with Gasteiger partial charge in [-0.25, -0.2) is 9.37 Å². The molecule has 5 heteroatoms. The monoisotopic (exact) mass is 343 g/mol. The summed E-state index contributed by atoms with van der Waals surface area (Å²) in [4.78, 5) is 23.0. The summed E-state index contributed by atoms with van der Waals surface area (Å²) in [6.07, 6.45) is 7.56. The molecule has 0 amide bonds.